The maximum absolute atomic E-state index is 12.4. The molecule has 1 saturated heterocycles. The van der Waals surface area contributed by atoms with Gasteiger partial charge in [0.05, 0.1) is 31.8 Å². The Morgan fingerprint density at radius 2 is 2.13 bits per heavy atom. The Hall–Kier alpha value is -2.89. The molecule has 3 heterocycles. The number of nitrogens with zero attached hydrogens (tertiary/aromatic N) is 3. The van der Waals surface area contributed by atoms with Gasteiger partial charge in [0.25, 0.3) is 0 Å². The summed E-state index contributed by atoms with van der Waals surface area (Å²) in [6.45, 7) is 7.09. The summed E-state index contributed by atoms with van der Waals surface area (Å²) >= 11 is 6.53. The summed E-state index contributed by atoms with van der Waals surface area (Å²) in [5, 5.41) is 1.75. The van der Waals surface area contributed by atoms with Crippen molar-refractivity contribution in [1.82, 2.24) is 14.4 Å². The van der Waals surface area contributed by atoms with E-state index in [1.807, 2.05) is 17.0 Å². The molecular weight excluding hydrogens is 410 g/mol. The zero-order chi connectivity index (χ0) is 22.0. The minimum absolute atomic E-state index is 0.0264. The highest BCUT2D eigenvalue weighted by atomic mass is 35.5. The van der Waals surface area contributed by atoms with Gasteiger partial charge in [-0.2, -0.15) is 0 Å². The fourth-order valence-corrected chi connectivity index (χ4v) is 5.82. The van der Waals surface area contributed by atoms with Gasteiger partial charge in [0.15, 0.2) is 5.54 Å². The van der Waals surface area contributed by atoms with Crippen LogP contribution in [0.2, 0.25) is 5.02 Å². The minimum atomic E-state index is -0.254. The SMILES string of the molecule is C=CC(=O)N1CCC2(C1)c1c(ccc(Cl)c1C)[N+]2(C)c1ccc2c(OC)ccnc2c1. The van der Waals surface area contributed by atoms with Crippen LogP contribution in [0.25, 0.3) is 10.9 Å². The highest BCUT2D eigenvalue weighted by Crippen LogP contribution is 2.63. The largest absolute Gasteiger partial charge is 0.496 e. The molecule has 2 atom stereocenters. The van der Waals surface area contributed by atoms with Crippen LogP contribution in [0.4, 0.5) is 11.4 Å². The van der Waals surface area contributed by atoms with E-state index in [1.165, 1.54) is 17.3 Å². The highest BCUT2D eigenvalue weighted by molar-refractivity contribution is 6.31. The van der Waals surface area contributed by atoms with Gasteiger partial charge in [-0.3, -0.25) is 14.3 Å². The molecule has 0 aliphatic carbocycles. The van der Waals surface area contributed by atoms with Gasteiger partial charge >= 0.3 is 0 Å². The number of rotatable bonds is 3. The second-order valence-electron chi connectivity index (χ2n) is 8.53. The second-order valence-corrected chi connectivity index (χ2v) is 8.94. The summed E-state index contributed by atoms with van der Waals surface area (Å²) in [6, 6.07) is 12.3. The molecule has 6 heteroatoms. The van der Waals surface area contributed by atoms with E-state index < -0.39 is 0 Å². The molecular formula is C25H25ClN3O2+. The molecule has 1 fully saturated rings. The molecule has 3 aromatic rings. The number of benzene rings is 2. The number of amides is 1. The molecule has 1 aromatic heterocycles. The van der Waals surface area contributed by atoms with Crippen LogP contribution >= 0.6 is 11.6 Å². The van der Waals surface area contributed by atoms with Gasteiger partial charge in [-0.15, -0.1) is 0 Å². The maximum atomic E-state index is 12.4. The van der Waals surface area contributed by atoms with E-state index in [0.717, 1.165) is 39.3 Å². The van der Waals surface area contributed by atoms with Crippen LogP contribution in [0.1, 0.15) is 17.5 Å². The van der Waals surface area contributed by atoms with Crippen molar-refractivity contribution in [3.05, 3.63) is 71.4 Å². The van der Waals surface area contributed by atoms with Crippen LogP contribution in [0.5, 0.6) is 5.75 Å². The lowest BCUT2D eigenvalue weighted by atomic mass is 9.72. The van der Waals surface area contributed by atoms with Gasteiger partial charge in [-0.1, -0.05) is 18.2 Å². The van der Waals surface area contributed by atoms with Gasteiger partial charge in [0.1, 0.15) is 17.1 Å². The van der Waals surface area contributed by atoms with E-state index in [-0.39, 0.29) is 11.4 Å². The number of quaternary nitrogens is 1. The molecule has 2 unspecified atom stereocenters. The summed E-state index contributed by atoms with van der Waals surface area (Å²) in [7, 11) is 3.91. The van der Waals surface area contributed by atoms with Crippen molar-refractivity contribution >= 4 is 39.8 Å². The van der Waals surface area contributed by atoms with E-state index in [2.05, 4.69) is 49.8 Å². The molecule has 2 aromatic carbocycles. The number of pyridine rings is 1. The first-order chi connectivity index (χ1) is 14.9. The summed E-state index contributed by atoms with van der Waals surface area (Å²) in [5.74, 6) is 0.783. The topological polar surface area (TPSA) is 42.4 Å². The molecule has 0 N–H and O–H groups in total. The number of halogens is 1. The number of likely N-dealkylation sites (tertiary alicyclic amines) is 1. The summed E-state index contributed by atoms with van der Waals surface area (Å²) < 4.78 is 6.12. The quantitative estimate of drug-likeness (QED) is 0.425. The molecule has 0 saturated carbocycles. The van der Waals surface area contributed by atoms with Crippen molar-refractivity contribution in [2.75, 3.05) is 27.2 Å². The van der Waals surface area contributed by atoms with Crippen LogP contribution in [0.3, 0.4) is 0 Å². The van der Waals surface area contributed by atoms with Gasteiger partial charge in [-0.05, 0) is 36.8 Å². The first kappa shape index (κ1) is 20.0. The van der Waals surface area contributed by atoms with Crippen molar-refractivity contribution in [3.63, 3.8) is 0 Å². The van der Waals surface area contributed by atoms with E-state index in [1.54, 1.807) is 13.3 Å². The van der Waals surface area contributed by atoms with Gasteiger partial charge in [0, 0.05) is 47.8 Å². The number of methoxy groups -OCH3 is 1. The van der Waals surface area contributed by atoms with Gasteiger partial charge < -0.3 is 9.64 Å². The molecule has 2 aliphatic heterocycles. The second kappa shape index (κ2) is 6.81. The lowest BCUT2D eigenvalue weighted by molar-refractivity contribution is -0.125. The number of carbonyl (C=O) groups is 1. The van der Waals surface area contributed by atoms with Crippen LogP contribution < -0.4 is 9.22 Å². The standard InChI is InChI=1S/C25H25ClN3O2/c1-5-23(30)28-13-11-25(15-28)24-16(2)19(26)8-9-21(24)29(25,3)17-6-7-18-20(14-17)27-12-10-22(18)31-4/h5-10,12,14H,1,11,13,15H2,2-4H3/q+1. The number of likely N-dealkylation sites (N-methyl/N-ethyl adjacent to an activating group) is 1. The predicted molar refractivity (Wildman–Crippen MR) is 125 cm³/mol. The Morgan fingerprint density at radius 3 is 2.87 bits per heavy atom. The molecule has 5 nitrogen and oxygen atoms in total. The molecule has 1 amide bonds. The third-order valence-electron chi connectivity index (χ3n) is 7.34. The van der Waals surface area contributed by atoms with Gasteiger partial charge in [0.2, 0.25) is 5.91 Å². The number of hydrogen-bond acceptors (Lipinski definition) is 3. The predicted octanol–water partition coefficient (Wildman–Crippen LogP) is 5.10. The van der Waals surface area contributed by atoms with E-state index in [4.69, 9.17) is 16.3 Å². The van der Waals surface area contributed by atoms with Crippen molar-refractivity contribution in [2.45, 2.75) is 18.9 Å². The number of hydrogen-bond donors (Lipinski definition) is 0. The van der Waals surface area contributed by atoms with Crippen LogP contribution in [0.15, 0.2) is 55.3 Å². The fourth-order valence-electron chi connectivity index (χ4n) is 5.67. The monoisotopic (exact) mass is 434 g/mol. The number of carbonyl (C=O) groups excluding carboxylic acids is 1. The third-order valence-corrected chi connectivity index (χ3v) is 7.75. The molecule has 31 heavy (non-hydrogen) atoms. The molecule has 5 rings (SSSR count). The molecule has 2 aliphatic rings. The van der Waals surface area contributed by atoms with Crippen LogP contribution in [-0.4, -0.2) is 43.0 Å². The zero-order valence-electron chi connectivity index (χ0n) is 18.0. The van der Waals surface area contributed by atoms with E-state index in [9.17, 15) is 4.79 Å². The maximum Gasteiger partial charge on any atom is 0.246 e. The lowest BCUT2D eigenvalue weighted by Crippen LogP contribution is -2.67. The smallest absolute Gasteiger partial charge is 0.246 e. The van der Waals surface area contributed by atoms with Crippen molar-refractivity contribution in [2.24, 2.45) is 0 Å². The fraction of sp³-hybridized carbons (Fsp3) is 0.280. The average molecular weight is 435 g/mol. The summed E-state index contributed by atoms with van der Waals surface area (Å²) in [4.78, 5) is 18.9. The normalized spacial score (nSPS) is 24.2. The Bertz CT molecular complexity index is 1260. The van der Waals surface area contributed by atoms with Gasteiger partial charge in [-0.25, -0.2) is 0 Å². The first-order valence-electron chi connectivity index (χ1n) is 10.4. The Morgan fingerprint density at radius 1 is 1.32 bits per heavy atom. The van der Waals surface area contributed by atoms with Crippen molar-refractivity contribution in [1.29, 1.82) is 0 Å². The molecule has 0 radical (unpaired) electrons. The Kier molecular flexibility index (Phi) is 4.40. The minimum Gasteiger partial charge on any atom is -0.496 e. The number of fused-ring (bicyclic) bond motifs is 3. The van der Waals surface area contributed by atoms with Crippen LogP contribution in [0, 0.1) is 6.92 Å². The summed E-state index contributed by atoms with van der Waals surface area (Å²) in [6.07, 6.45) is 4.04. The average Bonchev–Trinajstić information content (AvgIpc) is 3.27. The lowest BCUT2D eigenvalue weighted by Gasteiger charge is -2.57. The Labute approximate surface area is 187 Å². The third kappa shape index (κ3) is 2.47. The number of ether oxygens (including phenoxy) is 1. The van der Waals surface area contributed by atoms with E-state index in [0.29, 0.717) is 17.6 Å². The van der Waals surface area contributed by atoms with E-state index >= 15 is 0 Å². The van der Waals surface area contributed by atoms with Crippen molar-refractivity contribution in [3.8, 4) is 5.75 Å². The Balaban J connectivity index is 1.72. The summed E-state index contributed by atoms with van der Waals surface area (Å²) in [5.41, 5.74) is 5.36. The molecule has 1 spiro atoms. The molecule has 158 valence electrons. The molecule has 0 bridgehead atoms. The number of aromatic nitrogens is 1. The highest BCUT2D eigenvalue weighted by Gasteiger charge is 2.67. The first-order valence-corrected chi connectivity index (χ1v) is 10.8. The zero-order valence-corrected chi connectivity index (χ0v) is 18.7. The van der Waals surface area contributed by atoms with Crippen LogP contribution in [-0.2, 0) is 10.3 Å². The van der Waals surface area contributed by atoms with Crippen molar-refractivity contribution < 1.29 is 9.53 Å².